The van der Waals surface area contributed by atoms with Crippen molar-refractivity contribution >= 4 is 11.6 Å². The van der Waals surface area contributed by atoms with Crippen LogP contribution < -0.4 is 10.2 Å². The van der Waals surface area contributed by atoms with Crippen molar-refractivity contribution in [1.29, 1.82) is 0 Å². The summed E-state index contributed by atoms with van der Waals surface area (Å²) in [6.45, 7) is 4.53. The van der Waals surface area contributed by atoms with Crippen LogP contribution in [0.3, 0.4) is 0 Å². The molecule has 1 aromatic carbocycles. The maximum atomic E-state index is 12.0. The third kappa shape index (κ3) is 2.25. The Hall–Kier alpha value is -1.35. The van der Waals surface area contributed by atoms with Gasteiger partial charge in [-0.3, -0.25) is 4.79 Å². The first-order valence-electron chi connectivity index (χ1n) is 5.92. The Balaban J connectivity index is 2.28. The SMILES string of the molecule is CCCC(=O)N1CCNCc2ccccc21. The minimum atomic E-state index is 0.235. The molecule has 3 nitrogen and oxygen atoms in total. The zero-order valence-corrected chi connectivity index (χ0v) is 9.70. The topological polar surface area (TPSA) is 32.3 Å². The van der Waals surface area contributed by atoms with E-state index in [4.69, 9.17) is 0 Å². The van der Waals surface area contributed by atoms with Crippen molar-refractivity contribution in [1.82, 2.24) is 5.32 Å². The summed E-state index contributed by atoms with van der Waals surface area (Å²) in [4.78, 5) is 13.9. The molecule has 0 radical (unpaired) electrons. The van der Waals surface area contributed by atoms with E-state index in [-0.39, 0.29) is 5.91 Å². The standard InChI is InChI=1S/C13H18N2O/c1-2-5-13(16)15-9-8-14-10-11-6-3-4-7-12(11)15/h3-4,6-7,14H,2,5,8-10H2,1H3. The summed E-state index contributed by atoms with van der Waals surface area (Å²) in [6.07, 6.45) is 1.54. The molecule has 1 amide bonds. The molecule has 0 saturated heterocycles. The summed E-state index contributed by atoms with van der Waals surface area (Å²) >= 11 is 0. The van der Waals surface area contributed by atoms with Gasteiger partial charge in [-0.1, -0.05) is 25.1 Å². The minimum absolute atomic E-state index is 0.235. The van der Waals surface area contributed by atoms with E-state index in [1.165, 1.54) is 5.56 Å². The predicted molar refractivity (Wildman–Crippen MR) is 65.4 cm³/mol. The fourth-order valence-electron chi connectivity index (χ4n) is 2.07. The van der Waals surface area contributed by atoms with Crippen LogP contribution in [0.25, 0.3) is 0 Å². The smallest absolute Gasteiger partial charge is 0.227 e. The zero-order chi connectivity index (χ0) is 11.4. The Labute approximate surface area is 96.5 Å². The first-order chi connectivity index (χ1) is 7.83. The molecular formula is C13H18N2O. The van der Waals surface area contributed by atoms with Crippen LogP contribution in [-0.4, -0.2) is 19.0 Å². The van der Waals surface area contributed by atoms with Crippen molar-refractivity contribution in [3.8, 4) is 0 Å². The molecule has 86 valence electrons. The number of fused-ring (bicyclic) bond motifs is 1. The molecule has 3 heteroatoms. The Morgan fingerprint density at radius 2 is 2.25 bits per heavy atom. The number of amides is 1. The van der Waals surface area contributed by atoms with Gasteiger partial charge in [0.05, 0.1) is 0 Å². The fourth-order valence-corrected chi connectivity index (χ4v) is 2.07. The number of nitrogens with one attached hydrogen (secondary N) is 1. The van der Waals surface area contributed by atoms with Crippen molar-refractivity contribution in [2.24, 2.45) is 0 Å². The summed E-state index contributed by atoms with van der Waals surface area (Å²) in [5, 5.41) is 3.34. The molecule has 1 aromatic rings. The number of rotatable bonds is 2. The van der Waals surface area contributed by atoms with Crippen LogP contribution in [0.15, 0.2) is 24.3 Å². The van der Waals surface area contributed by atoms with E-state index >= 15 is 0 Å². The first kappa shape index (κ1) is 11.1. The zero-order valence-electron chi connectivity index (χ0n) is 9.70. The minimum Gasteiger partial charge on any atom is -0.311 e. The third-order valence-electron chi connectivity index (χ3n) is 2.87. The number of hydrogen-bond acceptors (Lipinski definition) is 2. The van der Waals surface area contributed by atoms with Crippen LogP contribution in [0.4, 0.5) is 5.69 Å². The Morgan fingerprint density at radius 1 is 1.44 bits per heavy atom. The van der Waals surface area contributed by atoms with Gasteiger partial charge in [0.1, 0.15) is 0 Å². The van der Waals surface area contributed by atoms with E-state index in [1.54, 1.807) is 0 Å². The van der Waals surface area contributed by atoms with Gasteiger partial charge in [-0.2, -0.15) is 0 Å². The number of carbonyl (C=O) groups excluding carboxylic acids is 1. The average molecular weight is 218 g/mol. The van der Waals surface area contributed by atoms with Crippen LogP contribution in [0.1, 0.15) is 25.3 Å². The van der Waals surface area contributed by atoms with Gasteiger partial charge in [-0.25, -0.2) is 0 Å². The van der Waals surface area contributed by atoms with Crippen LogP contribution in [0.5, 0.6) is 0 Å². The number of para-hydroxylation sites is 1. The van der Waals surface area contributed by atoms with E-state index in [9.17, 15) is 4.79 Å². The largest absolute Gasteiger partial charge is 0.311 e. The van der Waals surface area contributed by atoms with Crippen LogP contribution >= 0.6 is 0 Å². The molecule has 0 unspecified atom stereocenters. The molecule has 16 heavy (non-hydrogen) atoms. The van der Waals surface area contributed by atoms with Gasteiger partial charge < -0.3 is 10.2 Å². The van der Waals surface area contributed by atoms with Gasteiger partial charge in [-0.15, -0.1) is 0 Å². The molecule has 1 heterocycles. The third-order valence-corrected chi connectivity index (χ3v) is 2.87. The Morgan fingerprint density at radius 3 is 3.06 bits per heavy atom. The monoisotopic (exact) mass is 218 g/mol. The van der Waals surface area contributed by atoms with Crippen molar-refractivity contribution < 1.29 is 4.79 Å². The molecule has 0 aromatic heterocycles. The Kier molecular flexibility index (Phi) is 3.57. The van der Waals surface area contributed by atoms with Crippen LogP contribution in [0, 0.1) is 0 Å². The predicted octanol–water partition coefficient (Wildman–Crippen LogP) is 1.92. The van der Waals surface area contributed by atoms with Crippen molar-refractivity contribution in [3.63, 3.8) is 0 Å². The number of nitrogens with zero attached hydrogens (tertiary/aromatic N) is 1. The van der Waals surface area contributed by atoms with E-state index in [0.29, 0.717) is 6.42 Å². The molecule has 0 atom stereocenters. The average Bonchev–Trinajstić information content (AvgIpc) is 2.51. The van der Waals surface area contributed by atoms with E-state index in [0.717, 1.165) is 31.7 Å². The first-order valence-corrected chi connectivity index (χ1v) is 5.92. The number of benzene rings is 1. The summed E-state index contributed by atoms with van der Waals surface area (Å²) in [7, 11) is 0. The summed E-state index contributed by atoms with van der Waals surface area (Å²) in [6, 6.07) is 8.14. The highest BCUT2D eigenvalue weighted by atomic mass is 16.2. The van der Waals surface area contributed by atoms with Crippen molar-refractivity contribution in [2.45, 2.75) is 26.3 Å². The molecule has 0 bridgehead atoms. The lowest BCUT2D eigenvalue weighted by Gasteiger charge is -2.22. The summed E-state index contributed by atoms with van der Waals surface area (Å²) < 4.78 is 0. The number of hydrogen-bond donors (Lipinski definition) is 1. The molecule has 1 aliphatic heterocycles. The fraction of sp³-hybridized carbons (Fsp3) is 0.462. The van der Waals surface area contributed by atoms with Gasteiger partial charge in [0.15, 0.2) is 0 Å². The molecule has 0 spiro atoms. The van der Waals surface area contributed by atoms with Gasteiger partial charge in [0.25, 0.3) is 0 Å². The highest BCUT2D eigenvalue weighted by Gasteiger charge is 2.19. The van der Waals surface area contributed by atoms with Crippen molar-refractivity contribution in [3.05, 3.63) is 29.8 Å². The molecule has 0 aliphatic carbocycles. The van der Waals surface area contributed by atoms with E-state index in [2.05, 4.69) is 11.4 Å². The highest BCUT2D eigenvalue weighted by Crippen LogP contribution is 2.22. The lowest BCUT2D eigenvalue weighted by molar-refractivity contribution is -0.118. The second-order valence-corrected chi connectivity index (χ2v) is 4.10. The molecular weight excluding hydrogens is 200 g/mol. The number of anilines is 1. The Bertz CT molecular complexity index is 376. The molecule has 0 fully saturated rings. The summed E-state index contributed by atoms with van der Waals surface area (Å²) in [5.74, 6) is 0.235. The highest BCUT2D eigenvalue weighted by molar-refractivity contribution is 5.94. The normalized spacial score (nSPS) is 15.4. The van der Waals surface area contributed by atoms with Gasteiger partial charge >= 0.3 is 0 Å². The van der Waals surface area contributed by atoms with Gasteiger partial charge in [0.2, 0.25) is 5.91 Å². The maximum Gasteiger partial charge on any atom is 0.227 e. The molecule has 2 rings (SSSR count). The van der Waals surface area contributed by atoms with Crippen LogP contribution in [-0.2, 0) is 11.3 Å². The van der Waals surface area contributed by atoms with E-state index in [1.807, 2.05) is 30.0 Å². The van der Waals surface area contributed by atoms with Crippen molar-refractivity contribution in [2.75, 3.05) is 18.0 Å². The maximum absolute atomic E-state index is 12.0. The van der Waals surface area contributed by atoms with E-state index < -0.39 is 0 Å². The molecule has 1 aliphatic rings. The number of carbonyl (C=O) groups is 1. The van der Waals surface area contributed by atoms with Gasteiger partial charge in [0, 0.05) is 31.7 Å². The van der Waals surface area contributed by atoms with Gasteiger partial charge in [-0.05, 0) is 18.1 Å². The second-order valence-electron chi connectivity index (χ2n) is 4.10. The van der Waals surface area contributed by atoms with Crippen LogP contribution in [0.2, 0.25) is 0 Å². The molecule has 1 N–H and O–H groups in total. The summed E-state index contributed by atoms with van der Waals surface area (Å²) in [5.41, 5.74) is 2.29. The lowest BCUT2D eigenvalue weighted by Crippen LogP contribution is -2.34. The quantitative estimate of drug-likeness (QED) is 0.822. The molecule has 0 saturated carbocycles. The lowest BCUT2D eigenvalue weighted by atomic mass is 10.1. The second kappa shape index (κ2) is 5.12.